The minimum absolute atomic E-state index is 0.0668. The van der Waals surface area contributed by atoms with Crippen LogP contribution in [0.5, 0.6) is 5.75 Å². The molecule has 0 spiro atoms. The standard InChI is InChI=1S/C33H55N3O6S/c1-7-8-9-10-11-12-13-14-15-16-17-18-19-20-29(37)34-32(2,3)25-40-26-33(4,5)42-28-23-21-27(22-24-28)30-35-36-31(41-30)43(6,38)39/h21-24H,7-20,25-26H2,1-6H3,(H,34,37). The van der Waals surface area contributed by atoms with Crippen molar-refractivity contribution in [2.75, 3.05) is 19.5 Å². The number of sulfone groups is 1. The summed E-state index contributed by atoms with van der Waals surface area (Å²) < 4.78 is 40.4. The molecule has 0 saturated carbocycles. The van der Waals surface area contributed by atoms with Crippen molar-refractivity contribution in [2.45, 2.75) is 141 Å². The maximum Gasteiger partial charge on any atom is 0.335 e. The van der Waals surface area contributed by atoms with E-state index in [0.717, 1.165) is 19.1 Å². The van der Waals surface area contributed by atoms with Gasteiger partial charge in [0.05, 0.1) is 18.8 Å². The largest absolute Gasteiger partial charge is 0.485 e. The average molecular weight is 622 g/mol. The molecule has 0 bridgehead atoms. The lowest BCUT2D eigenvalue weighted by Gasteiger charge is -2.30. The molecule has 0 radical (unpaired) electrons. The predicted molar refractivity (Wildman–Crippen MR) is 171 cm³/mol. The Morgan fingerprint density at radius 1 is 0.814 bits per heavy atom. The van der Waals surface area contributed by atoms with Crippen LogP contribution in [-0.4, -0.2) is 55.1 Å². The molecule has 2 aromatic rings. The van der Waals surface area contributed by atoms with E-state index in [0.29, 0.717) is 30.9 Å². The molecule has 1 aromatic heterocycles. The number of carbonyl (C=O) groups excluding carboxylic acids is 1. The number of hydrogen-bond donors (Lipinski definition) is 1. The Balaban J connectivity index is 1.59. The summed E-state index contributed by atoms with van der Waals surface area (Å²) in [5.41, 5.74) is -0.523. The molecule has 0 atom stereocenters. The summed E-state index contributed by atoms with van der Waals surface area (Å²) in [6, 6.07) is 6.95. The predicted octanol–water partition coefficient (Wildman–Crippen LogP) is 7.69. The van der Waals surface area contributed by atoms with E-state index in [1.54, 1.807) is 24.3 Å². The van der Waals surface area contributed by atoms with Gasteiger partial charge < -0.3 is 19.2 Å². The molecule has 2 rings (SSSR count). The van der Waals surface area contributed by atoms with Gasteiger partial charge in [-0.15, -0.1) is 5.10 Å². The van der Waals surface area contributed by atoms with Gasteiger partial charge in [-0.05, 0) is 58.4 Å². The third-order valence-electron chi connectivity index (χ3n) is 7.12. The van der Waals surface area contributed by atoms with E-state index < -0.39 is 26.2 Å². The van der Waals surface area contributed by atoms with Crippen molar-refractivity contribution in [3.05, 3.63) is 24.3 Å². The monoisotopic (exact) mass is 621 g/mol. The Kier molecular flexibility index (Phi) is 15.7. The Hall–Kier alpha value is -2.46. The van der Waals surface area contributed by atoms with Gasteiger partial charge >= 0.3 is 5.22 Å². The number of hydrogen-bond acceptors (Lipinski definition) is 8. The van der Waals surface area contributed by atoms with E-state index in [1.807, 2.05) is 27.7 Å². The quantitative estimate of drug-likeness (QED) is 0.125. The fraction of sp³-hybridized carbons (Fsp3) is 0.727. The Bertz CT molecular complexity index is 1180. The van der Waals surface area contributed by atoms with Gasteiger partial charge in [0.15, 0.2) is 0 Å². The van der Waals surface area contributed by atoms with E-state index in [1.165, 1.54) is 70.6 Å². The normalized spacial score (nSPS) is 12.4. The van der Waals surface area contributed by atoms with Gasteiger partial charge in [-0.3, -0.25) is 4.79 Å². The summed E-state index contributed by atoms with van der Waals surface area (Å²) in [5, 5.41) is 10.1. The lowest BCUT2D eigenvalue weighted by atomic mass is 10.0. The molecule has 0 unspecified atom stereocenters. The number of aromatic nitrogens is 2. The van der Waals surface area contributed by atoms with Crippen LogP contribution in [0.2, 0.25) is 0 Å². The third-order valence-corrected chi connectivity index (χ3v) is 7.92. The highest BCUT2D eigenvalue weighted by Crippen LogP contribution is 2.25. The van der Waals surface area contributed by atoms with E-state index >= 15 is 0 Å². The summed E-state index contributed by atoms with van der Waals surface area (Å²) in [7, 11) is -3.56. The molecule has 0 saturated heterocycles. The van der Waals surface area contributed by atoms with Crippen LogP contribution in [0, 0.1) is 0 Å². The van der Waals surface area contributed by atoms with Crippen molar-refractivity contribution in [2.24, 2.45) is 0 Å². The average Bonchev–Trinajstić information content (AvgIpc) is 3.42. The van der Waals surface area contributed by atoms with Gasteiger partial charge in [-0.2, -0.15) is 0 Å². The highest BCUT2D eigenvalue weighted by Gasteiger charge is 2.25. The molecule has 43 heavy (non-hydrogen) atoms. The maximum atomic E-state index is 12.5. The smallest absolute Gasteiger partial charge is 0.335 e. The minimum Gasteiger partial charge on any atom is -0.485 e. The number of carbonyl (C=O) groups is 1. The van der Waals surface area contributed by atoms with Gasteiger partial charge in [-0.25, -0.2) is 8.42 Å². The first-order valence-electron chi connectivity index (χ1n) is 16.0. The highest BCUT2D eigenvalue weighted by molar-refractivity contribution is 7.90. The zero-order valence-corrected chi connectivity index (χ0v) is 28.2. The molecule has 1 heterocycles. The molecular weight excluding hydrogens is 566 g/mol. The Morgan fingerprint density at radius 3 is 1.86 bits per heavy atom. The first-order chi connectivity index (χ1) is 20.3. The van der Waals surface area contributed by atoms with Crippen LogP contribution in [0.15, 0.2) is 33.9 Å². The Morgan fingerprint density at radius 2 is 1.35 bits per heavy atom. The molecule has 1 N–H and O–H groups in total. The lowest BCUT2D eigenvalue weighted by molar-refractivity contribution is -0.123. The molecule has 244 valence electrons. The van der Waals surface area contributed by atoms with Crippen molar-refractivity contribution in [1.82, 2.24) is 15.5 Å². The second-order valence-corrected chi connectivity index (χ2v) is 14.8. The number of nitrogens with one attached hydrogen (secondary N) is 1. The SMILES string of the molecule is CCCCCCCCCCCCCCCC(=O)NC(C)(C)COCC(C)(C)Oc1ccc(-c2nnc(S(C)(=O)=O)o2)cc1. The summed E-state index contributed by atoms with van der Waals surface area (Å²) in [6.45, 7) is 10.7. The van der Waals surface area contributed by atoms with Crippen LogP contribution in [0.4, 0.5) is 0 Å². The van der Waals surface area contributed by atoms with Crippen LogP contribution < -0.4 is 10.1 Å². The molecule has 0 aliphatic carbocycles. The summed E-state index contributed by atoms with van der Waals surface area (Å²) in [4.78, 5) is 12.5. The number of benzene rings is 1. The van der Waals surface area contributed by atoms with Crippen molar-refractivity contribution in [3.63, 3.8) is 0 Å². The molecule has 0 aliphatic rings. The fourth-order valence-electron chi connectivity index (χ4n) is 4.82. The van der Waals surface area contributed by atoms with Gasteiger partial charge in [0.25, 0.3) is 0 Å². The summed E-state index contributed by atoms with van der Waals surface area (Å²) >= 11 is 0. The first-order valence-corrected chi connectivity index (χ1v) is 17.9. The molecule has 1 aromatic carbocycles. The van der Waals surface area contributed by atoms with Crippen LogP contribution in [0.25, 0.3) is 11.5 Å². The maximum absolute atomic E-state index is 12.5. The van der Waals surface area contributed by atoms with E-state index in [4.69, 9.17) is 13.9 Å². The van der Waals surface area contributed by atoms with Gasteiger partial charge in [0.2, 0.25) is 21.6 Å². The van der Waals surface area contributed by atoms with E-state index in [9.17, 15) is 13.2 Å². The van der Waals surface area contributed by atoms with Crippen molar-refractivity contribution < 1.29 is 27.1 Å². The topological polar surface area (TPSA) is 121 Å². The highest BCUT2D eigenvalue weighted by atomic mass is 32.2. The molecule has 1 amide bonds. The summed E-state index contributed by atoms with van der Waals surface area (Å²) in [5.74, 6) is 0.802. The van der Waals surface area contributed by atoms with Gasteiger partial charge in [0, 0.05) is 18.2 Å². The van der Waals surface area contributed by atoms with E-state index in [-0.39, 0.29) is 11.8 Å². The molecule has 0 fully saturated rings. The van der Waals surface area contributed by atoms with Crippen LogP contribution in [-0.2, 0) is 19.4 Å². The third kappa shape index (κ3) is 15.7. The van der Waals surface area contributed by atoms with Gasteiger partial charge in [-0.1, -0.05) is 89.1 Å². The van der Waals surface area contributed by atoms with Crippen LogP contribution in [0.3, 0.4) is 0 Å². The Labute approximate surface area is 259 Å². The number of nitrogens with zero attached hydrogens (tertiary/aromatic N) is 2. The fourth-order valence-corrected chi connectivity index (χ4v) is 5.24. The summed E-state index contributed by atoms with van der Waals surface area (Å²) in [6.07, 6.45) is 18.3. The van der Waals surface area contributed by atoms with E-state index in [2.05, 4.69) is 22.4 Å². The van der Waals surface area contributed by atoms with Crippen LogP contribution >= 0.6 is 0 Å². The second kappa shape index (κ2) is 18.4. The second-order valence-electron chi connectivity index (χ2n) is 12.9. The van der Waals surface area contributed by atoms with Crippen LogP contribution in [0.1, 0.15) is 125 Å². The van der Waals surface area contributed by atoms with Crippen molar-refractivity contribution in [3.8, 4) is 17.2 Å². The zero-order chi connectivity index (χ0) is 31.8. The number of rotatable bonds is 23. The number of ether oxygens (including phenoxy) is 2. The minimum atomic E-state index is -3.56. The van der Waals surface area contributed by atoms with Crippen molar-refractivity contribution >= 4 is 15.7 Å². The van der Waals surface area contributed by atoms with Gasteiger partial charge in [0.1, 0.15) is 11.4 Å². The molecular formula is C33H55N3O6S. The number of unbranched alkanes of at least 4 members (excludes halogenated alkanes) is 12. The van der Waals surface area contributed by atoms with Crippen molar-refractivity contribution in [1.29, 1.82) is 0 Å². The number of amides is 1. The molecule has 10 heteroatoms. The molecule has 0 aliphatic heterocycles. The lowest BCUT2D eigenvalue weighted by Crippen LogP contribution is -2.48. The molecule has 9 nitrogen and oxygen atoms in total. The first kappa shape index (κ1) is 36.7. The zero-order valence-electron chi connectivity index (χ0n) is 27.4.